The van der Waals surface area contributed by atoms with Crippen LogP contribution in [-0.2, 0) is 6.54 Å². The van der Waals surface area contributed by atoms with Gasteiger partial charge in [-0.25, -0.2) is 4.68 Å². The van der Waals surface area contributed by atoms with E-state index in [9.17, 15) is 4.79 Å². The lowest BCUT2D eigenvalue weighted by Gasteiger charge is -2.14. The van der Waals surface area contributed by atoms with Crippen LogP contribution in [0.2, 0.25) is 0 Å². The number of ether oxygens (including phenoxy) is 2. The van der Waals surface area contributed by atoms with Crippen molar-refractivity contribution in [3.05, 3.63) is 81.3 Å². The van der Waals surface area contributed by atoms with Crippen molar-refractivity contribution in [2.45, 2.75) is 27.3 Å². The number of hydrogen-bond acceptors (Lipinski definition) is 4. The van der Waals surface area contributed by atoms with Crippen LogP contribution in [0.3, 0.4) is 0 Å². The van der Waals surface area contributed by atoms with E-state index in [1.54, 1.807) is 31.4 Å². The first-order chi connectivity index (χ1) is 12.5. The molecule has 2 aromatic carbocycles. The first-order valence-corrected chi connectivity index (χ1v) is 8.44. The van der Waals surface area contributed by atoms with Gasteiger partial charge in [-0.3, -0.25) is 4.79 Å². The third-order valence-electron chi connectivity index (χ3n) is 4.44. The second-order valence-corrected chi connectivity index (χ2v) is 6.21. The molecule has 1 heterocycles. The van der Waals surface area contributed by atoms with Crippen molar-refractivity contribution in [3.8, 4) is 17.2 Å². The normalized spacial score (nSPS) is 10.6. The Morgan fingerprint density at radius 2 is 1.62 bits per heavy atom. The molecule has 0 spiro atoms. The minimum Gasteiger partial charge on any atom is -0.497 e. The SMILES string of the molecule is COc1ccc(Oc2c(C)c(C)nn(Cc3ccccc3C)c2=O)cc1. The van der Waals surface area contributed by atoms with E-state index in [-0.39, 0.29) is 5.56 Å². The molecule has 0 aliphatic heterocycles. The Morgan fingerprint density at radius 1 is 0.962 bits per heavy atom. The predicted octanol–water partition coefficient (Wildman–Crippen LogP) is 4.02. The largest absolute Gasteiger partial charge is 0.497 e. The van der Waals surface area contributed by atoms with Crippen molar-refractivity contribution in [3.63, 3.8) is 0 Å². The second kappa shape index (κ2) is 7.44. The van der Waals surface area contributed by atoms with Gasteiger partial charge in [0.05, 0.1) is 19.3 Å². The highest BCUT2D eigenvalue weighted by Crippen LogP contribution is 2.24. The predicted molar refractivity (Wildman–Crippen MR) is 101 cm³/mol. The van der Waals surface area contributed by atoms with E-state index in [0.717, 1.165) is 28.1 Å². The molecule has 5 heteroatoms. The molecular formula is C21H22N2O3. The Kier molecular flexibility index (Phi) is 5.07. The second-order valence-electron chi connectivity index (χ2n) is 6.21. The fraction of sp³-hybridized carbons (Fsp3) is 0.238. The van der Waals surface area contributed by atoms with Gasteiger partial charge in [-0.1, -0.05) is 24.3 Å². The number of methoxy groups -OCH3 is 1. The molecule has 0 atom stereocenters. The summed E-state index contributed by atoms with van der Waals surface area (Å²) in [5.74, 6) is 1.62. The molecule has 0 N–H and O–H groups in total. The highest BCUT2D eigenvalue weighted by atomic mass is 16.5. The van der Waals surface area contributed by atoms with Crippen LogP contribution in [0.1, 0.15) is 22.4 Å². The van der Waals surface area contributed by atoms with Gasteiger partial charge >= 0.3 is 5.56 Å². The number of aryl methyl sites for hydroxylation is 2. The lowest BCUT2D eigenvalue weighted by molar-refractivity contribution is 0.412. The van der Waals surface area contributed by atoms with Crippen molar-refractivity contribution in [1.82, 2.24) is 9.78 Å². The monoisotopic (exact) mass is 350 g/mol. The molecule has 26 heavy (non-hydrogen) atoms. The number of benzene rings is 2. The van der Waals surface area contributed by atoms with Crippen molar-refractivity contribution in [2.75, 3.05) is 7.11 Å². The topological polar surface area (TPSA) is 53.4 Å². The quantitative estimate of drug-likeness (QED) is 0.697. The summed E-state index contributed by atoms with van der Waals surface area (Å²) in [5.41, 5.74) is 3.44. The van der Waals surface area contributed by atoms with Crippen LogP contribution in [0.5, 0.6) is 17.2 Å². The van der Waals surface area contributed by atoms with Crippen LogP contribution in [0.15, 0.2) is 53.3 Å². The van der Waals surface area contributed by atoms with Crippen molar-refractivity contribution in [1.29, 1.82) is 0 Å². The van der Waals surface area contributed by atoms with Gasteiger partial charge in [-0.15, -0.1) is 0 Å². The van der Waals surface area contributed by atoms with Crippen LogP contribution >= 0.6 is 0 Å². The van der Waals surface area contributed by atoms with Crippen molar-refractivity contribution >= 4 is 0 Å². The minimum absolute atomic E-state index is 0.243. The van der Waals surface area contributed by atoms with Gasteiger partial charge in [0.15, 0.2) is 5.75 Å². The summed E-state index contributed by atoms with van der Waals surface area (Å²) in [7, 11) is 1.61. The van der Waals surface area contributed by atoms with Gasteiger partial charge in [0.1, 0.15) is 11.5 Å². The standard InChI is InChI=1S/C21H22N2O3/c1-14-7-5-6-8-17(14)13-23-21(24)20(15(2)16(3)22-23)26-19-11-9-18(25-4)10-12-19/h5-12H,13H2,1-4H3. The molecule has 0 amide bonds. The lowest BCUT2D eigenvalue weighted by Crippen LogP contribution is -2.26. The Balaban J connectivity index is 1.98. The highest BCUT2D eigenvalue weighted by molar-refractivity contribution is 5.39. The molecule has 3 rings (SSSR count). The maximum Gasteiger partial charge on any atom is 0.310 e. The van der Waals surface area contributed by atoms with Crippen molar-refractivity contribution in [2.24, 2.45) is 0 Å². The fourth-order valence-electron chi connectivity index (χ4n) is 2.68. The van der Waals surface area contributed by atoms with E-state index in [0.29, 0.717) is 18.0 Å². The van der Waals surface area contributed by atoms with Gasteiger partial charge < -0.3 is 9.47 Å². The third kappa shape index (κ3) is 3.61. The summed E-state index contributed by atoms with van der Waals surface area (Å²) in [5, 5.41) is 4.44. The maximum atomic E-state index is 12.9. The van der Waals surface area contributed by atoms with E-state index in [1.807, 2.05) is 45.0 Å². The highest BCUT2D eigenvalue weighted by Gasteiger charge is 2.15. The van der Waals surface area contributed by atoms with Gasteiger partial charge in [0.25, 0.3) is 0 Å². The van der Waals surface area contributed by atoms with Crippen LogP contribution < -0.4 is 15.0 Å². The average Bonchev–Trinajstić information content (AvgIpc) is 2.65. The van der Waals surface area contributed by atoms with Crippen LogP contribution in [0, 0.1) is 20.8 Å². The molecule has 0 unspecified atom stereocenters. The summed E-state index contributed by atoms with van der Waals surface area (Å²) in [6, 6.07) is 15.1. The van der Waals surface area contributed by atoms with Crippen LogP contribution in [0.4, 0.5) is 0 Å². The summed E-state index contributed by atoms with van der Waals surface area (Å²) in [4.78, 5) is 12.9. The molecule has 0 fully saturated rings. The van der Waals surface area contributed by atoms with Crippen LogP contribution in [0.25, 0.3) is 0 Å². The summed E-state index contributed by atoms with van der Waals surface area (Å²) >= 11 is 0. The molecule has 0 radical (unpaired) electrons. The Labute approximate surface area is 152 Å². The maximum absolute atomic E-state index is 12.9. The number of rotatable bonds is 5. The first-order valence-electron chi connectivity index (χ1n) is 8.44. The fourth-order valence-corrected chi connectivity index (χ4v) is 2.68. The van der Waals surface area contributed by atoms with E-state index in [4.69, 9.17) is 9.47 Å². The summed E-state index contributed by atoms with van der Waals surface area (Å²) in [6.07, 6.45) is 0. The van der Waals surface area contributed by atoms with Gasteiger partial charge in [-0.2, -0.15) is 5.10 Å². The molecule has 134 valence electrons. The first kappa shape index (κ1) is 17.7. The zero-order valence-corrected chi connectivity index (χ0v) is 15.4. The van der Waals surface area contributed by atoms with Gasteiger partial charge in [-0.05, 0) is 56.2 Å². The average molecular weight is 350 g/mol. The molecule has 3 aromatic rings. The molecular weight excluding hydrogens is 328 g/mol. The Morgan fingerprint density at radius 3 is 2.27 bits per heavy atom. The molecule has 0 aliphatic rings. The molecule has 5 nitrogen and oxygen atoms in total. The molecule has 0 saturated carbocycles. The molecule has 0 saturated heterocycles. The van der Waals surface area contributed by atoms with Gasteiger partial charge in [0, 0.05) is 5.56 Å². The zero-order chi connectivity index (χ0) is 18.7. The number of nitrogens with zero attached hydrogens (tertiary/aromatic N) is 2. The summed E-state index contributed by atoms with van der Waals surface area (Å²) in [6.45, 7) is 6.16. The minimum atomic E-state index is -0.243. The smallest absolute Gasteiger partial charge is 0.310 e. The molecule has 0 aliphatic carbocycles. The Hall–Kier alpha value is -3.08. The van der Waals surface area contributed by atoms with E-state index in [1.165, 1.54) is 4.68 Å². The van der Waals surface area contributed by atoms with E-state index < -0.39 is 0 Å². The van der Waals surface area contributed by atoms with Crippen LogP contribution in [-0.4, -0.2) is 16.9 Å². The van der Waals surface area contributed by atoms with E-state index >= 15 is 0 Å². The molecule has 1 aromatic heterocycles. The zero-order valence-electron chi connectivity index (χ0n) is 15.4. The number of hydrogen-bond donors (Lipinski definition) is 0. The van der Waals surface area contributed by atoms with Gasteiger partial charge in [0.2, 0.25) is 0 Å². The Bertz CT molecular complexity index is 976. The number of aromatic nitrogens is 2. The third-order valence-corrected chi connectivity index (χ3v) is 4.44. The van der Waals surface area contributed by atoms with Crippen molar-refractivity contribution < 1.29 is 9.47 Å². The summed E-state index contributed by atoms with van der Waals surface area (Å²) < 4.78 is 12.5. The molecule has 0 bridgehead atoms. The lowest BCUT2D eigenvalue weighted by atomic mass is 10.1. The van der Waals surface area contributed by atoms with E-state index in [2.05, 4.69) is 5.10 Å².